The Hall–Kier alpha value is -1.31. The van der Waals surface area contributed by atoms with E-state index >= 15 is 0 Å². The van der Waals surface area contributed by atoms with E-state index in [9.17, 15) is 10.0 Å². The topological polar surface area (TPSA) is 77.3 Å². The lowest BCUT2D eigenvalue weighted by molar-refractivity contribution is -0.757. The van der Waals surface area contributed by atoms with Gasteiger partial charge in [-0.05, 0) is 17.7 Å². The number of rotatable bonds is 5. The van der Waals surface area contributed by atoms with E-state index in [-0.39, 0.29) is 18.2 Å². The molecule has 6 nitrogen and oxygen atoms in total. The predicted octanol–water partition coefficient (Wildman–Crippen LogP) is -0.966. The monoisotopic (exact) mass is 280 g/mol. The average molecular weight is 280 g/mol. The molecule has 1 atom stereocenters. The molecule has 0 aliphatic carbocycles. The Bertz CT molecular complexity index is 429. The van der Waals surface area contributed by atoms with Gasteiger partial charge in [0.25, 0.3) is 0 Å². The summed E-state index contributed by atoms with van der Waals surface area (Å²) in [6.07, 6.45) is 0. The SMILES string of the molecule is O=C(c1ccc(CO)cc1)[NH+]([O-])CCN1CCOCC1. The minimum Gasteiger partial charge on any atom is -0.626 e. The average Bonchev–Trinajstić information content (AvgIpc) is 2.53. The van der Waals surface area contributed by atoms with Gasteiger partial charge < -0.3 is 20.1 Å². The van der Waals surface area contributed by atoms with Gasteiger partial charge in [-0.15, -0.1) is 0 Å². The molecule has 0 bridgehead atoms. The Morgan fingerprint density at radius 1 is 1.30 bits per heavy atom. The van der Waals surface area contributed by atoms with Crippen LogP contribution in [0.2, 0.25) is 0 Å². The van der Waals surface area contributed by atoms with Crippen molar-refractivity contribution in [3.8, 4) is 0 Å². The van der Waals surface area contributed by atoms with Crippen molar-refractivity contribution in [2.45, 2.75) is 6.61 Å². The van der Waals surface area contributed by atoms with E-state index in [1.165, 1.54) is 0 Å². The highest BCUT2D eigenvalue weighted by Crippen LogP contribution is 2.03. The Morgan fingerprint density at radius 2 is 1.95 bits per heavy atom. The largest absolute Gasteiger partial charge is 0.626 e. The van der Waals surface area contributed by atoms with E-state index in [0.717, 1.165) is 18.7 Å². The molecular weight excluding hydrogens is 260 g/mol. The molecule has 1 fully saturated rings. The van der Waals surface area contributed by atoms with E-state index in [2.05, 4.69) is 4.90 Å². The van der Waals surface area contributed by atoms with Gasteiger partial charge in [-0.3, -0.25) is 4.90 Å². The lowest BCUT2D eigenvalue weighted by Gasteiger charge is -2.28. The van der Waals surface area contributed by atoms with Gasteiger partial charge in [-0.1, -0.05) is 12.1 Å². The molecule has 2 rings (SSSR count). The van der Waals surface area contributed by atoms with Crippen LogP contribution in [-0.2, 0) is 11.3 Å². The summed E-state index contributed by atoms with van der Waals surface area (Å²) in [4.78, 5) is 14.1. The molecule has 1 aromatic rings. The molecule has 110 valence electrons. The first kappa shape index (κ1) is 15.1. The van der Waals surface area contributed by atoms with E-state index < -0.39 is 5.91 Å². The number of carbonyl (C=O) groups excluding carboxylic acids is 1. The fourth-order valence-corrected chi connectivity index (χ4v) is 2.12. The molecule has 1 saturated heterocycles. The van der Waals surface area contributed by atoms with Crippen LogP contribution >= 0.6 is 0 Å². The van der Waals surface area contributed by atoms with Gasteiger partial charge in [0.05, 0.1) is 31.9 Å². The molecule has 2 N–H and O–H groups in total. The molecule has 1 unspecified atom stereocenters. The van der Waals surface area contributed by atoms with Crippen molar-refractivity contribution < 1.29 is 19.7 Å². The quantitative estimate of drug-likeness (QED) is 0.679. The van der Waals surface area contributed by atoms with Crippen molar-refractivity contribution in [1.82, 2.24) is 4.90 Å². The van der Waals surface area contributed by atoms with E-state index in [1.807, 2.05) is 0 Å². The number of quaternary nitrogens is 1. The van der Waals surface area contributed by atoms with Crippen molar-refractivity contribution in [3.63, 3.8) is 0 Å². The number of nitrogens with zero attached hydrogens (tertiary/aromatic N) is 1. The molecular formula is C14H20N2O4. The molecule has 1 aliphatic rings. The third-order valence-corrected chi connectivity index (χ3v) is 3.41. The van der Waals surface area contributed by atoms with Gasteiger partial charge in [-0.2, -0.15) is 0 Å². The summed E-state index contributed by atoms with van der Waals surface area (Å²) in [5.41, 5.74) is 1.11. The van der Waals surface area contributed by atoms with Crippen molar-refractivity contribution in [2.75, 3.05) is 39.4 Å². The first-order valence-electron chi connectivity index (χ1n) is 6.78. The zero-order valence-corrected chi connectivity index (χ0v) is 11.4. The van der Waals surface area contributed by atoms with E-state index in [1.54, 1.807) is 24.3 Å². The van der Waals surface area contributed by atoms with E-state index in [0.29, 0.717) is 25.3 Å². The Morgan fingerprint density at radius 3 is 2.55 bits per heavy atom. The highest BCUT2D eigenvalue weighted by Gasteiger charge is 2.16. The number of aliphatic hydroxyl groups is 1. The highest BCUT2D eigenvalue weighted by atomic mass is 16.5. The van der Waals surface area contributed by atoms with Gasteiger partial charge in [0.2, 0.25) is 0 Å². The fraction of sp³-hybridized carbons (Fsp3) is 0.500. The first-order chi connectivity index (χ1) is 9.70. The van der Waals surface area contributed by atoms with Gasteiger partial charge in [0.1, 0.15) is 0 Å². The van der Waals surface area contributed by atoms with Crippen LogP contribution in [0.25, 0.3) is 0 Å². The normalized spacial score (nSPS) is 17.9. The maximum atomic E-state index is 12.0. The van der Waals surface area contributed by atoms with Gasteiger partial charge in [0.15, 0.2) is 0 Å². The molecule has 0 saturated carbocycles. The summed E-state index contributed by atoms with van der Waals surface area (Å²) in [7, 11) is 0. The van der Waals surface area contributed by atoms with Crippen molar-refractivity contribution >= 4 is 5.91 Å². The molecule has 0 spiro atoms. The van der Waals surface area contributed by atoms with Crippen molar-refractivity contribution in [1.29, 1.82) is 0 Å². The number of hydroxylamine groups is 2. The maximum absolute atomic E-state index is 12.0. The standard InChI is InChI=1S/C14H20N2O4/c17-11-12-1-3-13(4-2-12)14(18)16(19)6-5-15-7-9-20-10-8-15/h1-4,16-17H,5-11H2. The molecule has 1 aromatic carbocycles. The zero-order chi connectivity index (χ0) is 14.4. The second-order valence-corrected chi connectivity index (χ2v) is 4.81. The number of benzene rings is 1. The van der Waals surface area contributed by atoms with Gasteiger partial charge in [0, 0.05) is 19.6 Å². The lowest BCUT2D eigenvalue weighted by Crippen LogP contribution is -3.10. The lowest BCUT2D eigenvalue weighted by atomic mass is 10.1. The Labute approximate surface area is 118 Å². The molecule has 0 radical (unpaired) electrons. The smallest absolute Gasteiger partial charge is 0.344 e. The fourth-order valence-electron chi connectivity index (χ4n) is 2.12. The second-order valence-electron chi connectivity index (χ2n) is 4.81. The number of nitrogens with one attached hydrogen (secondary N) is 1. The number of amides is 1. The van der Waals surface area contributed by atoms with Crippen LogP contribution in [-0.4, -0.2) is 55.3 Å². The molecule has 1 heterocycles. The Kier molecular flexibility index (Phi) is 5.63. The Balaban J connectivity index is 1.83. The highest BCUT2D eigenvalue weighted by molar-refractivity contribution is 5.87. The summed E-state index contributed by atoms with van der Waals surface area (Å²) < 4.78 is 5.23. The van der Waals surface area contributed by atoms with Crippen molar-refractivity contribution in [3.05, 3.63) is 40.6 Å². The van der Waals surface area contributed by atoms with Crippen LogP contribution in [0.4, 0.5) is 0 Å². The van der Waals surface area contributed by atoms with Gasteiger partial charge >= 0.3 is 5.91 Å². The van der Waals surface area contributed by atoms with Crippen LogP contribution in [0.1, 0.15) is 15.9 Å². The summed E-state index contributed by atoms with van der Waals surface area (Å²) in [6, 6.07) is 6.48. The van der Waals surface area contributed by atoms with Gasteiger partial charge in [-0.25, -0.2) is 4.79 Å². The molecule has 20 heavy (non-hydrogen) atoms. The minimum absolute atomic E-state index is 0.0700. The van der Waals surface area contributed by atoms with Crippen LogP contribution in [0, 0.1) is 5.21 Å². The molecule has 6 heteroatoms. The molecule has 1 aliphatic heterocycles. The maximum Gasteiger partial charge on any atom is 0.344 e. The third kappa shape index (κ3) is 4.09. The van der Waals surface area contributed by atoms with Crippen LogP contribution in [0.15, 0.2) is 24.3 Å². The number of hydrogen-bond acceptors (Lipinski definition) is 5. The number of ether oxygens (including phenoxy) is 1. The minimum atomic E-state index is -0.456. The van der Waals surface area contributed by atoms with Crippen molar-refractivity contribution in [2.24, 2.45) is 0 Å². The number of morpholine rings is 1. The first-order valence-corrected chi connectivity index (χ1v) is 6.78. The third-order valence-electron chi connectivity index (χ3n) is 3.41. The van der Waals surface area contributed by atoms with Crippen LogP contribution in [0.3, 0.4) is 0 Å². The summed E-state index contributed by atoms with van der Waals surface area (Å²) in [5.74, 6) is -0.456. The second kappa shape index (κ2) is 7.47. The predicted molar refractivity (Wildman–Crippen MR) is 73.2 cm³/mol. The number of aliphatic hydroxyl groups excluding tert-OH is 1. The number of carbonyl (C=O) groups is 1. The van der Waals surface area contributed by atoms with Crippen LogP contribution in [0.5, 0.6) is 0 Å². The summed E-state index contributed by atoms with van der Waals surface area (Å²) in [6.45, 7) is 3.76. The van der Waals surface area contributed by atoms with E-state index in [4.69, 9.17) is 9.84 Å². The summed E-state index contributed by atoms with van der Waals surface area (Å²) in [5, 5.41) is 20.5. The summed E-state index contributed by atoms with van der Waals surface area (Å²) >= 11 is 0. The zero-order valence-electron chi connectivity index (χ0n) is 11.4. The molecule has 1 amide bonds. The van der Waals surface area contributed by atoms with Crippen LogP contribution < -0.4 is 5.06 Å². The number of hydrogen-bond donors (Lipinski definition) is 2. The molecule has 0 aromatic heterocycles.